The molecule has 0 bridgehead atoms. The second-order valence-electron chi connectivity index (χ2n) is 4.44. The first kappa shape index (κ1) is 12.2. The molecular formula is C11H13BrN2S2. The highest BCUT2D eigenvalue weighted by molar-refractivity contribution is 9.10. The van der Waals surface area contributed by atoms with Crippen molar-refractivity contribution in [3.8, 4) is 9.88 Å². The zero-order chi connectivity index (χ0) is 11.8. The molecule has 2 nitrogen and oxygen atoms in total. The molecule has 0 unspecified atom stereocenters. The van der Waals surface area contributed by atoms with Crippen LogP contribution in [0.2, 0.25) is 0 Å². The van der Waals surface area contributed by atoms with Crippen LogP contribution in [0.4, 0.5) is 0 Å². The fourth-order valence-electron chi connectivity index (χ4n) is 1.39. The average molecular weight is 317 g/mol. The summed E-state index contributed by atoms with van der Waals surface area (Å²) in [5.41, 5.74) is 6.87. The van der Waals surface area contributed by atoms with Crippen molar-refractivity contribution in [2.45, 2.75) is 25.8 Å². The van der Waals surface area contributed by atoms with Gasteiger partial charge in [0.1, 0.15) is 5.01 Å². The van der Waals surface area contributed by atoms with Crippen molar-refractivity contribution >= 4 is 38.6 Å². The molecule has 16 heavy (non-hydrogen) atoms. The summed E-state index contributed by atoms with van der Waals surface area (Å²) < 4.78 is 1.11. The standard InChI is InChI=1S/C11H13BrN2S2/c1-11(2,13)4-8-6-16-10(14-8)9-3-7(12)5-15-9/h3,5-6H,4,13H2,1-2H3. The van der Waals surface area contributed by atoms with Crippen LogP contribution in [0, 0.1) is 0 Å². The number of rotatable bonds is 3. The van der Waals surface area contributed by atoms with E-state index >= 15 is 0 Å². The molecule has 0 aliphatic heterocycles. The van der Waals surface area contributed by atoms with Gasteiger partial charge in [0.15, 0.2) is 0 Å². The molecule has 2 aromatic rings. The summed E-state index contributed by atoms with van der Waals surface area (Å²) in [4.78, 5) is 5.81. The van der Waals surface area contributed by atoms with E-state index in [0.29, 0.717) is 0 Å². The minimum Gasteiger partial charge on any atom is -0.325 e. The van der Waals surface area contributed by atoms with E-state index in [1.165, 1.54) is 4.88 Å². The van der Waals surface area contributed by atoms with Gasteiger partial charge in [-0.05, 0) is 35.8 Å². The summed E-state index contributed by atoms with van der Waals surface area (Å²) >= 11 is 6.84. The fraction of sp³-hybridized carbons (Fsp3) is 0.364. The topological polar surface area (TPSA) is 38.9 Å². The molecule has 2 heterocycles. The molecule has 0 aliphatic rings. The molecule has 0 spiro atoms. The summed E-state index contributed by atoms with van der Waals surface area (Å²) in [6, 6.07) is 2.10. The van der Waals surface area contributed by atoms with Crippen molar-refractivity contribution in [3.63, 3.8) is 0 Å². The van der Waals surface area contributed by atoms with Crippen molar-refractivity contribution < 1.29 is 0 Å². The molecule has 0 amide bonds. The van der Waals surface area contributed by atoms with Crippen LogP contribution in [0.25, 0.3) is 9.88 Å². The molecule has 0 saturated carbocycles. The number of thiazole rings is 1. The maximum Gasteiger partial charge on any atom is 0.133 e. The first-order valence-corrected chi connectivity index (χ1v) is 7.47. The number of aromatic nitrogens is 1. The van der Waals surface area contributed by atoms with Crippen LogP contribution >= 0.6 is 38.6 Å². The number of hydrogen-bond donors (Lipinski definition) is 1. The minimum absolute atomic E-state index is 0.193. The Morgan fingerprint density at radius 2 is 2.12 bits per heavy atom. The molecule has 2 N–H and O–H groups in total. The van der Waals surface area contributed by atoms with E-state index in [9.17, 15) is 0 Å². The van der Waals surface area contributed by atoms with Gasteiger partial charge in [0.05, 0.1) is 10.6 Å². The summed E-state index contributed by atoms with van der Waals surface area (Å²) in [5.74, 6) is 0. The molecule has 2 rings (SSSR count). The van der Waals surface area contributed by atoms with Crippen LogP contribution in [-0.2, 0) is 6.42 Å². The van der Waals surface area contributed by atoms with Gasteiger partial charge >= 0.3 is 0 Å². The molecule has 0 fully saturated rings. The Balaban J connectivity index is 2.20. The van der Waals surface area contributed by atoms with E-state index in [0.717, 1.165) is 21.6 Å². The lowest BCUT2D eigenvalue weighted by Gasteiger charge is -2.15. The Hall–Kier alpha value is -0.230. The number of halogens is 1. The predicted molar refractivity (Wildman–Crippen MR) is 75.1 cm³/mol. The van der Waals surface area contributed by atoms with Gasteiger partial charge in [-0.2, -0.15) is 0 Å². The monoisotopic (exact) mass is 316 g/mol. The number of nitrogens with zero attached hydrogens (tertiary/aromatic N) is 1. The van der Waals surface area contributed by atoms with Gasteiger partial charge in [-0.25, -0.2) is 4.98 Å². The lowest BCUT2D eigenvalue weighted by Crippen LogP contribution is -2.34. The summed E-state index contributed by atoms with van der Waals surface area (Å²) in [6.45, 7) is 4.04. The van der Waals surface area contributed by atoms with E-state index < -0.39 is 0 Å². The van der Waals surface area contributed by atoms with E-state index in [1.54, 1.807) is 22.7 Å². The lowest BCUT2D eigenvalue weighted by atomic mass is 10.0. The Morgan fingerprint density at radius 3 is 2.69 bits per heavy atom. The van der Waals surface area contributed by atoms with Crippen LogP contribution in [-0.4, -0.2) is 10.5 Å². The molecule has 0 atom stereocenters. The van der Waals surface area contributed by atoms with Crippen molar-refractivity contribution in [1.29, 1.82) is 0 Å². The third-order valence-corrected chi connectivity index (χ3v) is 4.72. The summed E-state index contributed by atoms with van der Waals surface area (Å²) in [7, 11) is 0. The zero-order valence-corrected chi connectivity index (χ0v) is 12.4. The van der Waals surface area contributed by atoms with Gasteiger partial charge in [0.2, 0.25) is 0 Å². The van der Waals surface area contributed by atoms with E-state index in [1.807, 2.05) is 13.8 Å². The third-order valence-electron chi connectivity index (χ3n) is 1.97. The van der Waals surface area contributed by atoms with Gasteiger partial charge in [0, 0.05) is 27.2 Å². The Labute approximate surface area is 112 Å². The first-order valence-electron chi connectivity index (χ1n) is 4.92. The van der Waals surface area contributed by atoms with E-state index in [-0.39, 0.29) is 5.54 Å². The third kappa shape index (κ3) is 3.13. The van der Waals surface area contributed by atoms with Crippen LogP contribution in [0.3, 0.4) is 0 Å². The summed E-state index contributed by atoms with van der Waals surface area (Å²) in [5, 5.41) is 5.25. The Morgan fingerprint density at radius 1 is 1.38 bits per heavy atom. The Bertz CT molecular complexity index is 482. The second-order valence-corrected chi connectivity index (χ2v) is 7.12. The zero-order valence-electron chi connectivity index (χ0n) is 9.16. The van der Waals surface area contributed by atoms with Gasteiger partial charge in [0.25, 0.3) is 0 Å². The highest BCUT2D eigenvalue weighted by atomic mass is 79.9. The molecule has 0 saturated heterocycles. The van der Waals surface area contributed by atoms with Crippen LogP contribution in [0.15, 0.2) is 21.3 Å². The largest absolute Gasteiger partial charge is 0.325 e. The van der Waals surface area contributed by atoms with Gasteiger partial charge in [-0.1, -0.05) is 0 Å². The second kappa shape index (κ2) is 4.56. The van der Waals surface area contributed by atoms with Crippen molar-refractivity contribution in [2.24, 2.45) is 5.73 Å². The van der Waals surface area contributed by atoms with E-state index in [2.05, 4.69) is 37.7 Å². The molecule has 86 valence electrons. The Kier molecular flexibility index (Phi) is 3.49. The predicted octanol–water partition coefficient (Wildman–Crippen LogP) is 3.91. The van der Waals surface area contributed by atoms with Gasteiger partial charge in [-0.3, -0.25) is 0 Å². The quantitative estimate of drug-likeness (QED) is 0.932. The maximum absolute atomic E-state index is 5.98. The first-order chi connectivity index (χ1) is 7.44. The maximum atomic E-state index is 5.98. The molecule has 5 heteroatoms. The number of nitrogens with two attached hydrogens (primary N) is 1. The van der Waals surface area contributed by atoms with Crippen LogP contribution in [0.1, 0.15) is 19.5 Å². The molecule has 0 radical (unpaired) electrons. The number of thiophene rings is 1. The van der Waals surface area contributed by atoms with Gasteiger partial charge in [-0.15, -0.1) is 22.7 Å². The van der Waals surface area contributed by atoms with Gasteiger partial charge < -0.3 is 5.73 Å². The molecule has 0 aliphatic carbocycles. The van der Waals surface area contributed by atoms with E-state index in [4.69, 9.17) is 5.73 Å². The fourth-order valence-corrected chi connectivity index (χ4v) is 3.72. The van der Waals surface area contributed by atoms with Crippen molar-refractivity contribution in [1.82, 2.24) is 4.98 Å². The minimum atomic E-state index is -0.193. The molecule has 2 aromatic heterocycles. The molecule has 0 aromatic carbocycles. The SMILES string of the molecule is CC(C)(N)Cc1csc(-c2cc(Br)cs2)n1. The smallest absolute Gasteiger partial charge is 0.133 e. The van der Waals surface area contributed by atoms with Crippen LogP contribution < -0.4 is 5.73 Å². The average Bonchev–Trinajstić information content (AvgIpc) is 2.71. The molecular weight excluding hydrogens is 304 g/mol. The van der Waals surface area contributed by atoms with Crippen molar-refractivity contribution in [3.05, 3.63) is 27.0 Å². The van der Waals surface area contributed by atoms with Crippen molar-refractivity contribution in [2.75, 3.05) is 0 Å². The number of hydrogen-bond acceptors (Lipinski definition) is 4. The van der Waals surface area contributed by atoms with Crippen LogP contribution in [0.5, 0.6) is 0 Å². The lowest BCUT2D eigenvalue weighted by molar-refractivity contribution is 0.511. The summed E-state index contributed by atoms with van der Waals surface area (Å²) in [6.07, 6.45) is 0.816. The highest BCUT2D eigenvalue weighted by Gasteiger charge is 2.15. The normalized spacial score (nSPS) is 12.0. The highest BCUT2D eigenvalue weighted by Crippen LogP contribution is 2.32.